The molecule has 5 aromatic rings. The first-order chi connectivity index (χ1) is 17.1. The first-order valence-electron chi connectivity index (χ1n) is 11.2. The topological polar surface area (TPSA) is 88.0 Å². The van der Waals surface area contributed by atoms with E-state index in [1.807, 2.05) is 79.3 Å². The number of methoxy groups -OCH3 is 1. The van der Waals surface area contributed by atoms with Crippen molar-refractivity contribution in [2.24, 2.45) is 7.05 Å². The SMILES string of the molecule is COCCn1c(SCc2nc(-c3ccccc3C)no2)nc2c(-c3ccccc3)cn(C)c2c1=O. The molecule has 2 aromatic carbocycles. The normalized spacial score (nSPS) is 11.4. The maximum atomic E-state index is 13.5. The third kappa shape index (κ3) is 4.52. The largest absolute Gasteiger partial charge is 0.383 e. The van der Waals surface area contributed by atoms with Gasteiger partial charge in [0.2, 0.25) is 11.7 Å². The van der Waals surface area contributed by atoms with Gasteiger partial charge in [-0.2, -0.15) is 4.98 Å². The lowest BCUT2D eigenvalue weighted by atomic mass is 10.1. The van der Waals surface area contributed by atoms with Crippen LogP contribution in [0.2, 0.25) is 0 Å². The summed E-state index contributed by atoms with van der Waals surface area (Å²) >= 11 is 1.40. The van der Waals surface area contributed by atoms with E-state index in [1.165, 1.54) is 11.8 Å². The zero-order chi connectivity index (χ0) is 24.4. The number of benzene rings is 2. The Hall–Kier alpha value is -3.69. The molecule has 3 heterocycles. The number of fused-ring (bicyclic) bond motifs is 1. The maximum absolute atomic E-state index is 13.5. The third-order valence-corrected chi connectivity index (χ3v) is 6.78. The zero-order valence-electron chi connectivity index (χ0n) is 19.8. The second-order valence-corrected chi connectivity index (χ2v) is 9.12. The highest BCUT2D eigenvalue weighted by atomic mass is 32.2. The molecule has 0 atom stereocenters. The number of rotatable bonds is 8. The molecule has 0 aliphatic heterocycles. The molecule has 0 aliphatic carbocycles. The van der Waals surface area contributed by atoms with Crippen molar-refractivity contribution in [1.29, 1.82) is 0 Å². The first-order valence-corrected chi connectivity index (χ1v) is 12.2. The lowest BCUT2D eigenvalue weighted by Gasteiger charge is -2.12. The molecular formula is C26H25N5O3S. The number of hydrogen-bond donors (Lipinski definition) is 0. The highest BCUT2D eigenvalue weighted by Crippen LogP contribution is 2.30. The van der Waals surface area contributed by atoms with Crippen molar-refractivity contribution in [2.45, 2.75) is 24.4 Å². The number of aryl methyl sites for hydroxylation is 2. The molecule has 178 valence electrons. The maximum Gasteiger partial charge on any atom is 0.278 e. The van der Waals surface area contributed by atoms with Crippen LogP contribution in [0.15, 0.2) is 75.3 Å². The summed E-state index contributed by atoms with van der Waals surface area (Å²) in [5, 5.41) is 4.73. The first kappa shape index (κ1) is 23.1. The van der Waals surface area contributed by atoms with Gasteiger partial charge in [0.25, 0.3) is 5.56 Å². The van der Waals surface area contributed by atoms with Crippen LogP contribution >= 0.6 is 11.8 Å². The molecule has 3 aromatic heterocycles. The van der Waals surface area contributed by atoms with Crippen molar-refractivity contribution < 1.29 is 9.26 Å². The van der Waals surface area contributed by atoms with Crippen LogP contribution in [0.4, 0.5) is 0 Å². The van der Waals surface area contributed by atoms with Gasteiger partial charge in [0, 0.05) is 31.5 Å². The summed E-state index contributed by atoms with van der Waals surface area (Å²) in [5.74, 6) is 1.41. The van der Waals surface area contributed by atoms with E-state index in [2.05, 4.69) is 10.1 Å². The van der Waals surface area contributed by atoms with Gasteiger partial charge in [0.15, 0.2) is 5.16 Å². The average Bonchev–Trinajstić information content (AvgIpc) is 3.47. The highest BCUT2D eigenvalue weighted by Gasteiger charge is 2.20. The summed E-state index contributed by atoms with van der Waals surface area (Å²) in [6.45, 7) is 2.80. The molecular weight excluding hydrogens is 462 g/mol. The molecule has 0 saturated carbocycles. The molecule has 0 unspecified atom stereocenters. The van der Waals surface area contributed by atoms with Gasteiger partial charge < -0.3 is 13.8 Å². The van der Waals surface area contributed by atoms with Crippen LogP contribution in [0.5, 0.6) is 0 Å². The summed E-state index contributed by atoms with van der Waals surface area (Å²) in [6.07, 6.45) is 1.95. The highest BCUT2D eigenvalue weighted by molar-refractivity contribution is 7.98. The zero-order valence-corrected chi connectivity index (χ0v) is 20.6. The van der Waals surface area contributed by atoms with E-state index < -0.39 is 0 Å². The predicted molar refractivity (Wildman–Crippen MR) is 136 cm³/mol. The molecule has 0 saturated heterocycles. The summed E-state index contributed by atoms with van der Waals surface area (Å²) in [4.78, 5) is 23.0. The standard InChI is InChI=1S/C26H25N5O3S/c1-17-9-7-8-12-19(17)24-27-21(34-29-24)16-35-26-28-22-20(18-10-5-4-6-11-18)15-30(2)23(22)25(32)31(26)13-14-33-3/h4-12,15H,13-14,16H2,1-3H3. The Kier molecular flexibility index (Phi) is 6.52. The van der Waals surface area contributed by atoms with Gasteiger partial charge in [-0.3, -0.25) is 9.36 Å². The van der Waals surface area contributed by atoms with Crippen molar-refractivity contribution in [3.8, 4) is 22.5 Å². The Morgan fingerprint density at radius 2 is 1.80 bits per heavy atom. The predicted octanol–water partition coefficient (Wildman–Crippen LogP) is 4.70. The number of aromatic nitrogens is 5. The van der Waals surface area contributed by atoms with Gasteiger partial charge in [-0.25, -0.2) is 4.98 Å². The molecule has 5 rings (SSSR count). The van der Waals surface area contributed by atoms with Crippen LogP contribution in [0.3, 0.4) is 0 Å². The molecule has 0 fully saturated rings. The van der Waals surface area contributed by atoms with E-state index in [1.54, 1.807) is 11.7 Å². The van der Waals surface area contributed by atoms with Crippen LogP contribution in [-0.4, -0.2) is 38.0 Å². The van der Waals surface area contributed by atoms with Gasteiger partial charge in [-0.05, 0) is 18.1 Å². The average molecular weight is 488 g/mol. The molecule has 0 radical (unpaired) electrons. The molecule has 0 N–H and O–H groups in total. The van der Waals surface area contributed by atoms with Gasteiger partial charge in [0.05, 0.1) is 18.9 Å². The van der Waals surface area contributed by atoms with E-state index in [4.69, 9.17) is 14.2 Å². The second kappa shape index (κ2) is 9.89. The lowest BCUT2D eigenvalue weighted by Crippen LogP contribution is -2.26. The Morgan fingerprint density at radius 1 is 1.03 bits per heavy atom. The number of nitrogens with zero attached hydrogens (tertiary/aromatic N) is 5. The molecule has 0 spiro atoms. The molecule has 8 nitrogen and oxygen atoms in total. The van der Waals surface area contributed by atoms with Gasteiger partial charge in [-0.15, -0.1) is 0 Å². The van der Waals surface area contributed by atoms with Gasteiger partial charge >= 0.3 is 0 Å². The van der Waals surface area contributed by atoms with Crippen molar-refractivity contribution in [2.75, 3.05) is 13.7 Å². The molecule has 0 aliphatic rings. The molecule has 0 amide bonds. The molecule has 35 heavy (non-hydrogen) atoms. The fourth-order valence-electron chi connectivity index (χ4n) is 4.04. The van der Waals surface area contributed by atoms with Crippen LogP contribution in [0.25, 0.3) is 33.5 Å². The number of thioether (sulfide) groups is 1. The summed E-state index contributed by atoms with van der Waals surface area (Å²) in [7, 11) is 3.49. The Bertz CT molecular complexity index is 1540. The molecule has 0 bridgehead atoms. The quantitative estimate of drug-likeness (QED) is 0.232. The van der Waals surface area contributed by atoms with E-state index in [0.29, 0.717) is 46.8 Å². The van der Waals surface area contributed by atoms with E-state index >= 15 is 0 Å². The smallest absolute Gasteiger partial charge is 0.278 e. The number of ether oxygens (including phenoxy) is 1. The molecule has 9 heteroatoms. The minimum absolute atomic E-state index is 0.106. The minimum atomic E-state index is -0.106. The third-order valence-electron chi connectivity index (χ3n) is 5.82. The van der Waals surface area contributed by atoms with Gasteiger partial charge in [0.1, 0.15) is 11.0 Å². The van der Waals surface area contributed by atoms with Crippen molar-refractivity contribution >= 4 is 22.8 Å². The lowest BCUT2D eigenvalue weighted by molar-refractivity contribution is 0.183. The van der Waals surface area contributed by atoms with E-state index in [-0.39, 0.29) is 5.56 Å². The van der Waals surface area contributed by atoms with Crippen LogP contribution in [-0.2, 0) is 24.1 Å². The fourth-order valence-corrected chi connectivity index (χ4v) is 4.90. The summed E-state index contributed by atoms with van der Waals surface area (Å²) < 4.78 is 14.3. The monoisotopic (exact) mass is 487 g/mol. The van der Waals surface area contributed by atoms with Crippen molar-refractivity contribution in [3.63, 3.8) is 0 Å². The Labute approximate surface area is 206 Å². The summed E-state index contributed by atoms with van der Waals surface area (Å²) in [6, 6.07) is 17.9. The Balaban J connectivity index is 1.52. The van der Waals surface area contributed by atoms with Crippen LogP contribution < -0.4 is 5.56 Å². The van der Waals surface area contributed by atoms with Gasteiger partial charge in [-0.1, -0.05) is 71.5 Å². The van der Waals surface area contributed by atoms with Crippen LogP contribution in [0, 0.1) is 6.92 Å². The van der Waals surface area contributed by atoms with E-state index in [0.717, 1.165) is 22.3 Å². The fraction of sp³-hybridized carbons (Fsp3) is 0.231. The van der Waals surface area contributed by atoms with Crippen molar-refractivity contribution in [3.05, 3.63) is 82.6 Å². The number of hydrogen-bond acceptors (Lipinski definition) is 7. The summed E-state index contributed by atoms with van der Waals surface area (Å²) in [5.41, 5.74) is 5.06. The van der Waals surface area contributed by atoms with Crippen LogP contribution in [0.1, 0.15) is 11.5 Å². The van der Waals surface area contributed by atoms with Crippen molar-refractivity contribution in [1.82, 2.24) is 24.3 Å². The second-order valence-electron chi connectivity index (χ2n) is 8.18. The Morgan fingerprint density at radius 3 is 2.57 bits per heavy atom. The van der Waals surface area contributed by atoms with E-state index in [9.17, 15) is 4.79 Å². The minimum Gasteiger partial charge on any atom is -0.383 e.